The predicted molar refractivity (Wildman–Crippen MR) is 74.9 cm³/mol. The fourth-order valence-electron chi connectivity index (χ4n) is 2.48. The van der Waals surface area contributed by atoms with E-state index in [0.717, 1.165) is 25.7 Å². The van der Waals surface area contributed by atoms with Gasteiger partial charge >= 0.3 is 0 Å². The first-order valence-corrected chi connectivity index (χ1v) is 7.06. The molecule has 1 aromatic rings. The Morgan fingerprint density at radius 2 is 1.95 bits per heavy atom. The number of ether oxygens (including phenoxy) is 1. The number of carbonyl (C=O) groups is 1. The van der Waals surface area contributed by atoms with Crippen molar-refractivity contribution in [3.05, 3.63) is 39.9 Å². The second kappa shape index (κ2) is 7.14. The minimum absolute atomic E-state index is 0.00579. The molecule has 0 heterocycles. The van der Waals surface area contributed by atoms with E-state index in [-0.39, 0.29) is 24.2 Å². The number of nitro groups is 1. The molecule has 0 amide bonds. The summed E-state index contributed by atoms with van der Waals surface area (Å²) in [7, 11) is 0. The molecule has 1 aromatic carbocycles. The summed E-state index contributed by atoms with van der Waals surface area (Å²) >= 11 is 0. The van der Waals surface area contributed by atoms with Gasteiger partial charge in [-0.25, -0.2) is 0 Å². The molecule has 0 unspecified atom stereocenters. The van der Waals surface area contributed by atoms with Crippen LogP contribution in [0.15, 0.2) is 24.3 Å². The minimum Gasteiger partial charge on any atom is -0.370 e. The lowest BCUT2D eigenvalue weighted by Crippen LogP contribution is -2.18. The molecule has 0 spiro atoms. The van der Waals surface area contributed by atoms with Gasteiger partial charge in [0.15, 0.2) is 5.78 Å². The molecule has 1 saturated carbocycles. The van der Waals surface area contributed by atoms with Crippen molar-refractivity contribution in [2.75, 3.05) is 6.61 Å². The van der Waals surface area contributed by atoms with Crippen molar-refractivity contribution >= 4 is 11.5 Å². The summed E-state index contributed by atoms with van der Waals surface area (Å²) < 4.78 is 5.66. The van der Waals surface area contributed by atoms with Crippen LogP contribution in [0.25, 0.3) is 0 Å². The average molecular weight is 277 g/mol. The molecular weight excluding hydrogens is 258 g/mol. The number of Topliss-reactive ketones (excluding diaryl/α,β-unsaturated/α-hetero) is 1. The lowest BCUT2D eigenvalue weighted by atomic mass is 10.1. The van der Waals surface area contributed by atoms with E-state index >= 15 is 0 Å². The van der Waals surface area contributed by atoms with Crippen LogP contribution < -0.4 is 0 Å². The summed E-state index contributed by atoms with van der Waals surface area (Å²) in [5.41, 5.74) is 0.276. The Morgan fingerprint density at radius 1 is 1.25 bits per heavy atom. The van der Waals surface area contributed by atoms with Crippen molar-refractivity contribution in [3.8, 4) is 0 Å². The van der Waals surface area contributed by atoms with Crippen LogP contribution >= 0.6 is 0 Å². The molecule has 0 radical (unpaired) electrons. The van der Waals surface area contributed by atoms with Gasteiger partial charge in [-0.2, -0.15) is 0 Å². The van der Waals surface area contributed by atoms with Gasteiger partial charge in [0.1, 0.15) is 6.61 Å². The van der Waals surface area contributed by atoms with Crippen molar-refractivity contribution in [1.82, 2.24) is 0 Å². The van der Waals surface area contributed by atoms with Crippen LogP contribution in [0.4, 0.5) is 5.69 Å². The standard InChI is InChI=1S/C15H19NO4/c17-15(11-20-14-8-3-1-2-4-9-14)12-6-5-7-13(10-12)16(18)19/h5-7,10,14H,1-4,8-9,11H2. The van der Waals surface area contributed by atoms with Crippen molar-refractivity contribution in [2.24, 2.45) is 0 Å². The molecule has 1 aliphatic carbocycles. The highest BCUT2D eigenvalue weighted by Gasteiger charge is 2.16. The van der Waals surface area contributed by atoms with Crippen LogP contribution in [0.3, 0.4) is 0 Å². The Morgan fingerprint density at radius 3 is 2.60 bits per heavy atom. The molecule has 1 aliphatic rings. The lowest BCUT2D eigenvalue weighted by molar-refractivity contribution is -0.384. The molecular formula is C15H19NO4. The summed E-state index contributed by atoms with van der Waals surface area (Å²) in [4.78, 5) is 22.2. The third kappa shape index (κ3) is 4.13. The Bertz CT molecular complexity index is 479. The molecule has 5 heteroatoms. The van der Waals surface area contributed by atoms with Crippen LogP contribution in [0, 0.1) is 10.1 Å². The first-order chi connectivity index (χ1) is 9.66. The van der Waals surface area contributed by atoms with Gasteiger partial charge in [0, 0.05) is 17.7 Å². The van der Waals surface area contributed by atoms with E-state index in [0.29, 0.717) is 5.56 Å². The van der Waals surface area contributed by atoms with E-state index in [9.17, 15) is 14.9 Å². The van der Waals surface area contributed by atoms with Crippen molar-refractivity contribution in [1.29, 1.82) is 0 Å². The largest absolute Gasteiger partial charge is 0.370 e. The second-order valence-corrected chi connectivity index (χ2v) is 5.16. The maximum absolute atomic E-state index is 12.0. The zero-order valence-corrected chi connectivity index (χ0v) is 11.4. The number of ketones is 1. The van der Waals surface area contributed by atoms with Crippen molar-refractivity contribution in [3.63, 3.8) is 0 Å². The lowest BCUT2D eigenvalue weighted by Gasteiger charge is -2.14. The Kier molecular flexibility index (Phi) is 5.24. The predicted octanol–water partition coefficient (Wildman–Crippen LogP) is 3.52. The van der Waals surface area contributed by atoms with Crippen molar-refractivity contribution in [2.45, 2.75) is 44.6 Å². The molecule has 5 nitrogen and oxygen atoms in total. The highest BCUT2D eigenvalue weighted by molar-refractivity contribution is 5.97. The van der Waals surface area contributed by atoms with E-state index in [1.54, 1.807) is 6.07 Å². The van der Waals surface area contributed by atoms with Gasteiger partial charge < -0.3 is 4.74 Å². The number of hydrogen-bond acceptors (Lipinski definition) is 4. The maximum atomic E-state index is 12.0. The minimum atomic E-state index is -0.497. The fourth-order valence-corrected chi connectivity index (χ4v) is 2.48. The average Bonchev–Trinajstić information content (AvgIpc) is 2.73. The van der Waals surface area contributed by atoms with Gasteiger partial charge in [0.2, 0.25) is 0 Å². The van der Waals surface area contributed by atoms with E-state index < -0.39 is 4.92 Å². The van der Waals surface area contributed by atoms with Crippen LogP contribution in [0.5, 0.6) is 0 Å². The number of hydrogen-bond donors (Lipinski definition) is 0. The normalized spacial score (nSPS) is 16.6. The van der Waals surface area contributed by atoms with Crippen LogP contribution in [0.1, 0.15) is 48.9 Å². The van der Waals surface area contributed by atoms with E-state index in [1.165, 1.54) is 31.0 Å². The summed E-state index contributed by atoms with van der Waals surface area (Å²) in [6.45, 7) is 0.00579. The molecule has 0 saturated heterocycles. The smallest absolute Gasteiger partial charge is 0.270 e. The molecule has 108 valence electrons. The third-order valence-corrected chi connectivity index (χ3v) is 3.63. The summed E-state index contributed by atoms with van der Waals surface area (Å²) in [6, 6.07) is 5.80. The number of nitro benzene ring substituents is 1. The molecule has 0 bridgehead atoms. The molecule has 2 rings (SSSR count). The number of nitrogens with zero attached hydrogens (tertiary/aromatic N) is 1. The van der Waals surface area contributed by atoms with Gasteiger partial charge in [0.25, 0.3) is 5.69 Å². The first-order valence-electron chi connectivity index (χ1n) is 7.06. The quantitative estimate of drug-likeness (QED) is 0.357. The molecule has 20 heavy (non-hydrogen) atoms. The van der Waals surface area contributed by atoms with Gasteiger partial charge in [0.05, 0.1) is 11.0 Å². The van der Waals surface area contributed by atoms with Crippen molar-refractivity contribution < 1.29 is 14.5 Å². The fraction of sp³-hybridized carbons (Fsp3) is 0.533. The van der Waals surface area contributed by atoms with Crippen LogP contribution in [-0.2, 0) is 4.74 Å². The van der Waals surface area contributed by atoms with E-state index in [4.69, 9.17) is 4.74 Å². The zero-order valence-electron chi connectivity index (χ0n) is 11.4. The Balaban J connectivity index is 1.90. The third-order valence-electron chi connectivity index (χ3n) is 3.63. The highest BCUT2D eigenvalue weighted by atomic mass is 16.6. The van der Waals surface area contributed by atoms with Gasteiger partial charge in [-0.15, -0.1) is 0 Å². The van der Waals surface area contributed by atoms with Gasteiger partial charge in [-0.3, -0.25) is 14.9 Å². The summed E-state index contributed by atoms with van der Waals surface area (Å²) in [5, 5.41) is 10.7. The molecule has 0 aliphatic heterocycles. The van der Waals surface area contributed by atoms with Crippen LogP contribution in [0.2, 0.25) is 0 Å². The summed E-state index contributed by atoms with van der Waals surface area (Å²) in [6.07, 6.45) is 6.92. The molecule has 0 atom stereocenters. The van der Waals surface area contributed by atoms with E-state index in [2.05, 4.69) is 0 Å². The summed E-state index contributed by atoms with van der Waals surface area (Å²) in [5.74, 6) is -0.196. The van der Waals surface area contributed by atoms with E-state index in [1.807, 2.05) is 0 Å². The number of non-ortho nitro benzene ring substituents is 1. The molecule has 0 N–H and O–H groups in total. The molecule has 1 fully saturated rings. The zero-order chi connectivity index (χ0) is 14.4. The highest BCUT2D eigenvalue weighted by Crippen LogP contribution is 2.20. The number of rotatable bonds is 5. The topological polar surface area (TPSA) is 69.4 Å². The SMILES string of the molecule is O=C(COC1CCCCCC1)c1cccc([N+](=O)[O-])c1. The number of benzene rings is 1. The van der Waals surface area contributed by atoms with Crippen LogP contribution in [-0.4, -0.2) is 23.4 Å². The maximum Gasteiger partial charge on any atom is 0.270 e. The Hall–Kier alpha value is -1.75. The van der Waals surface area contributed by atoms with Gasteiger partial charge in [-0.1, -0.05) is 37.8 Å². The first kappa shape index (κ1) is 14.7. The number of carbonyl (C=O) groups excluding carboxylic acids is 1. The second-order valence-electron chi connectivity index (χ2n) is 5.16. The molecule has 0 aromatic heterocycles. The monoisotopic (exact) mass is 277 g/mol. The van der Waals surface area contributed by atoms with Gasteiger partial charge in [-0.05, 0) is 12.8 Å². The Labute approximate surface area is 118 Å².